The maximum atomic E-state index is 5.33. The fourth-order valence-corrected chi connectivity index (χ4v) is 0.875. The Labute approximate surface area is 76.0 Å². The minimum Gasteiger partial charge on any atom is -0.381 e. The van der Waals surface area contributed by atoms with Crippen LogP contribution in [0.3, 0.4) is 0 Å². The fourth-order valence-electron chi connectivity index (χ4n) is 0.875. The zero-order valence-corrected chi connectivity index (χ0v) is 8.14. The third-order valence-corrected chi connectivity index (χ3v) is 1.52. The highest BCUT2D eigenvalue weighted by Crippen LogP contribution is 1.84. The van der Waals surface area contributed by atoms with Crippen LogP contribution in [0.5, 0.6) is 0 Å². The van der Waals surface area contributed by atoms with Crippen molar-refractivity contribution in [2.24, 2.45) is 0 Å². The number of hydrogen-bond acceptors (Lipinski definition) is 2. The Morgan fingerprint density at radius 1 is 1.33 bits per heavy atom. The summed E-state index contributed by atoms with van der Waals surface area (Å²) in [7, 11) is 0. The van der Waals surface area contributed by atoms with Crippen LogP contribution in [0.25, 0.3) is 0 Å². The molecule has 0 saturated heterocycles. The van der Waals surface area contributed by atoms with E-state index < -0.39 is 0 Å². The SMILES string of the molecule is C=CCCNCCCOCCC. The van der Waals surface area contributed by atoms with Gasteiger partial charge in [0, 0.05) is 13.2 Å². The Hall–Kier alpha value is -0.340. The van der Waals surface area contributed by atoms with E-state index >= 15 is 0 Å². The topological polar surface area (TPSA) is 21.3 Å². The Balaban J connectivity index is 2.77. The van der Waals surface area contributed by atoms with E-state index in [1.165, 1.54) is 0 Å². The highest BCUT2D eigenvalue weighted by Gasteiger charge is 1.87. The van der Waals surface area contributed by atoms with E-state index in [9.17, 15) is 0 Å². The predicted octanol–water partition coefficient (Wildman–Crippen LogP) is 1.97. The predicted molar refractivity (Wildman–Crippen MR) is 53.4 cm³/mol. The molecule has 0 unspecified atom stereocenters. The molecule has 0 aliphatic carbocycles. The first kappa shape index (κ1) is 11.7. The lowest BCUT2D eigenvalue weighted by molar-refractivity contribution is 0.132. The van der Waals surface area contributed by atoms with E-state index in [4.69, 9.17) is 4.74 Å². The van der Waals surface area contributed by atoms with E-state index in [0.717, 1.165) is 45.6 Å². The van der Waals surface area contributed by atoms with Crippen LogP contribution in [-0.2, 0) is 4.74 Å². The molecule has 0 radical (unpaired) electrons. The van der Waals surface area contributed by atoms with Crippen molar-refractivity contribution in [2.45, 2.75) is 26.2 Å². The molecule has 12 heavy (non-hydrogen) atoms. The standard InChI is InChI=1S/C10H21NO/c1-3-5-7-11-8-6-10-12-9-4-2/h3,11H,1,4-10H2,2H3. The van der Waals surface area contributed by atoms with Crippen molar-refractivity contribution in [3.05, 3.63) is 12.7 Å². The van der Waals surface area contributed by atoms with Gasteiger partial charge >= 0.3 is 0 Å². The van der Waals surface area contributed by atoms with E-state index in [-0.39, 0.29) is 0 Å². The average molecular weight is 171 g/mol. The second-order valence-electron chi connectivity index (χ2n) is 2.79. The Kier molecular flexibility index (Phi) is 10.4. The quantitative estimate of drug-likeness (QED) is 0.423. The molecule has 0 aromatic heterocycles. The van der Waals surface area contributed by atoms with Crippen LogP contribution in [0.4, 0.5) is 0 Å². The Morgan fingerprint density at radius 3 is 2.83 bits per heavy atom. The minimum absolute atomic E-state index is 0.884. The highest BCUT2D eigenvalue weighted by molar-refractivity contribution is 4.67. The molecular weight excluding hydrogens is 150 g/mol. The van der Waals surface area contributed by atoms with Gasteiger partial charge in [-0.3, -0.25) is 0 Å². The van der Waals surface area contributed by atoms with Gasteiger partial charge in [-0.1, -0.05) is 13.0 Å². The van der Waals surface area contributed by atoms with Crippen LogP contribution < -0.4 is 5.32 Å². The molecule has 0 bridgehead atoms. The largest absolute Gasteiger partial charge is 0.381 e. The zero-order chi connectivity index (χ0) is 9.07. The number of hydrogen-bond donors (Lipinski definition) is 1. The van der Waals surface area contributed by atoms with Crippen molar-refractivity contribution >= 4 is 0 Å². The van der Waals surface area contributed by atoms with Crippen LogP contribution in [0, 0.1) is 0 Å². The molecule has 72 valence electrons. The number of nitrogens with one attached hydrogen (secondary N) is 1. The van der Waals surface area contributed by atoms with Gasteiger partial charge in [-0.25, -0.2) is 0 Å². The lowest BCUT2D eigenvalue weighted by atomic mass is 10.4. The highest BCUT2D eigenvalue weighted by atomic mass is 16.5. The van der Waals surface area contributed by atoms with E-state index in [0.29, 0.717) is 0 Å². The van der Waals surface area contributed by atoms with Crippen LogP contribution in [-0.4, -0.2) is 26.3 Å². The van der Waals surface area contributed by atoms with Crippen molar-refractivity contribution in [2.75, 3.05) is 26.3 Å². The van der Waals surface area contributed by atoms with Crippen molar-refractivity contribution in [1.29, 1.82) is 0 Å². The van der Waals surface area contributed by atoms with Gasteiger partial charge in [0.25, 0.3) is 0 Å². The molecule has 2 nitrogen and oxygen atoms in total. The third kappa shape index (κ3) is 9.66. The molecular formula is C10H21NO. The summed E-state index contributed by atoms with van der Waals surface area (Å²) in [5.41, 5.74) is 0. The summed E-state index contributed by atoms with van der Waals surface area (Å²) >= 11 is 0. The van der Waals surface area contributed by atoms with Gasteiger partial charge in [0.1, 0.15) is 0 Å². The number of ether oxygens (including phenoxy) is 1. The summed E-state index contributed by atoms with van der Waals surface area (Å²) in [6.07, 6.45) is 5.21. The molecule has 0 spiro atoms. The molecule has 0 aromatic rings. The van der Waals surface area contributed by atoms with Crippen molar-refractivity contribution in [3.63, 3.8) is 0 Å². The molecule has 0 fully saturated rings. The van der Waals surface area contributed by atoms with E-state index in [1.54, 1.807) is 0 Å². The van der Waals surface area contributed by atoms with Crippen molar-refractivity contribution in [3.8, 4) is 0 Å². The third-order valence-electron chi connectivity index (χ3n) is 1.52. The average Bonchev–Trinajstić information content (AvgIpc) is 2.10. The van der Waals surface area contributed by atoms with Gasteiger partial charge in [-0.15, -0.1) is 6.58 Å². The first-order valence-electron chi connectivity index (χ1n) is 4.81. The maximum Gasteiger partial charge on any atom is 0.0478 e. The second-order valence-corrected chi connectivity index (χ2v) is 2.79. The monoisotopic (exact) mass is 171 g/mol. The van der Waals surface area contributed by atoms with Gasteiger partial charge in [-0.2, -0.15) is 0 Å². The molecule has 0 heterocycles. The molecule has 1 N–H and O–H groups in total. The molecule has 0 rings (SSSR count). The van der Waals surface area contributed by atoms with Crippen LogP contribution in [0.2, 0.25) is 0 Å². The molecule has 0 saturated carbocycles. The summed E-state index contributed by atoms with van der Waals surface area (Å²) in [6.45, 7) is 9.65. The van der Waals surface area contributed by atoms with Gasteiger partial charge in [0.2, 0.25) is 0 Å². The molecule has 0 amide bonds. The number of rotatable bonds is 9. The van der Waals surface area contributed by atoms with Gasteiger partial charge < -0.3 is 10.1 Å². The summed E-state index contributed by atoms with van der Waals surface area (Å²) < 4.78 is 5.33. The van der Waals surface area contributed by atoms with Crippen LogP contribution >= 0.6 is 0 Å². The summed E-state index contributed by atoms with van der Waals surface area (Å²) in [5.74, 6) is 0. The van der Waals surface area contributed by atoms with Gasteiger partial charge in [0.15, 0.2) is 0 Å². The first-order valence-corrected chi connectivity index (χ1v) is 4.81. The van der Waals surface area contributed by atoms with Gasteiger partial charge in [-0.05, 0) is 32.4 Å². The molecule has 0 aromatic carbocycles. The van der Waals surface area contributed by atoms with Crippen LogP contribution in [0.1, 0.15) is 26.2 Å². The molecule has 0 aliphatic rings. The fraction of sp³-hybridized carbons (Fsp3) is 0.800. The normalized spacial score (nSPS) is 10.1. The van der Waals surface area contributed by atoms with Crippen molar-refractivity contribution < 1.29 is 4.74 Å². The van der Waals surface area contributed by atoms with Gasteiger partial charge in [0.05, 0.1) is 0 Å². The van der Waals surface area contributed by atoms with E-state index in [1.807, 2.05) is 6.08 Å². The second kappa shape index (κ2) is 10.7. The first-order chi connectivity index (χ1) is 5.91. The lowest BCUT2D eigenvalue weighted by Crippen LogP contribution is -2.17. The molecule has 2 heteroatoms. The molecule has 0 aliphatic heterocycles. The summed E-state index contributed by atoms with van der Waals surface area (Å²) in [6, 6.07) is 0. The molecule has 0 atom stereocenters. The smallest absolute Gasteiger partial charge is 0.0478 e. The van der Waals surface area contributed by atoms with Crippen LogP contribution in [0.15, 0.2) is 12.7 Å². The lowest BCUT2D eigenvalue weighted by Gasteiger charge is -2.03. The Morgan fingerprint density at radius 2 is 2.17 bits per heavy atom. The summed E-state index contributed by atoms with van der Waals surface area (Å²) in [4.78, 5) is 0. The summed E-state index contributed by atoms with van der Waals surface area (Å²) in [5, 5.41) is 3.31. The Bertz CT molecular complexity index is 93.8. The minimum atomic E-state index is 0.884. The van der Waals surface area contributed by atoms with Crippen molar-refractivity contribution in [1.82, 2.24) is 5.32 Å². The van der Waals surface area contributed by atoms with E-state index in [2.05, 4.69) is 18.8 Å². The zero-order valence-electron chi connectivity index (χ0n) is 8.14. The maximum absolute atomic E-state index is 5.33.